The van der Waals surface area contributed by atoms with E-state index in [0.29, 0.717) is 18.9 Å². The summed E-state index contributed by atoms with van der Waals surface area (Å²) < 4.78 is 5.69. The topological polar surface area (TPSA) is 58.6 Å². The zero-order valence-electron chi connectivity index (χ0n) is 16.5. The monoisotopic (exact) mass is 398 g/mol. The highest BCUT2D eigenvalue weighted by molar-refractivity contribution is 8.00. The molecule has 3 rings (SSSR count). The van der Waals surface area contributed by atoms with Crippen LogP contribution in [0.25, 0.3) is 0 Å². The summed E-state index contributed by atoms with van der Waals surface area (Å²) in [6.45, 7) is 7.30. The largest absolute Gasteiger partial charge is 0.492 e. The minimum absolute atomic E-state index is 0.0245. The zero-order chi connectivity index (χ0) is 20.1. The molecule has 1 aliphatic rings. The normalized spacial score (nSPS) is 13.8. The van der Waals surface area contributed by atoms with Gasteiger partial charge in [-0.1, -0.05) is 45.0 Å². The van der Waals surface area contributed by atoms with Gasteiger partial charge in [-0.15, -0.1) is 11.8 Å². The van der Waals surface area contributed by atoms with Gasteiger partial charge < -0.3 is 15.0 Å². The molecule has 0 saturated carbocycles. The van der Waals surface area contributed by atoms with E-state index in [1.165, 1.54) is 17.3 Å². The van der Waals surface area contributed by atoms with Gasteiger partial charge in [0.15, 0.2) is 0 Å². The van der Waals surface area contributed by atoms with E-state index < -0.39 is 0 Å². The molecule has 0 aromatic heterocycles. The quantitative estimate of drug-likeness (QED) is 0.755. The van der Waals surface area contributed by atoms with Crippen molar-refractivity contribution >= 4 is 29.3 Å². The molecule has 148 valence electrons. The van der Waals surface area contributed by atoms with E-state index in [-0.39, 0.29) is 23.8 Å². The maximum Gasteiger partial charge on any atom is 0.240 e. The smallest absolute Gasteiger partial charge is 0.240 e. The van der Waals surface area contributed by atoms with Crippen molar-refractivity contribution in [1.29, 1.82) is 0 Å². The van der Waals surface area contributed by atoms with Crippen LogP contribution in [0, 0.1) is 0 Å². The molecule has 1 aliphatic heterocycles. The van der Waals surface area contributed by atoms with Gasteiger partial charge in [-0.3, -0.25) is 9.59 Å². The molecule has 2 aromatic carbocycles. The first kappa shape index (κ1) is 20.3. The van der Waals surface area contributed by atoms with Gasteiger partial charge in [-0.05, 0) is 35.2 Å². The number of nitrogens with zero attached hydrogens (tertiary/aromatic N) is 1. The molecule has 28 heavy (non-hydrogen) atoms. The van der Waals surface area contributed by atoms with Crippen LogP contribution in [0.3, 0.4) is 0 Å². The molecule has 1 heterocycles. The molecule has 2 amide bonds. The lowest BCUT2D eigenvalue weighted by atomic mass is 9.87. The number of amides is 2. The molecule has 5 nitrogen and oxygen atoms in total. The number of thioether (sulfide) groups is 1. The predicted molar refractivity (Wildman–Crippen MR) is 113 cm³/mol. The molecule has 0 unspecified atom stereocenters. The van der Waals surface area contributed by atoms with E-state index in [9.17, 15) is 9.59 Å². The Morgan fingerprint density at radius 3 is 2.57 bits per heavy atom. The van der Waals surface area contributed by atoms with Crippen molar-refractivity contribution < 1.29 is 14.3 Å². The molecule has 0 saturated heterocycles. The summed E-state index contributed by atoms with van der Waals surface area (Å²) in [4.78, 5) is 27.0. The number of anilines is 1. The number of benzene rings is 2. The lowest BCUT2D eigenvalue weighted by Crippen LogP contribution is -2.44. The summed E-state index contributed by atoms with van der Waals surface area (Å²) in [5, 5.41) is 2.82. The van der Waals surface area contributed by atoms with Crippen molar-refractivity contribution in [2.24, 2.45) is 0 Å². The lowest BCUT2D eigenvalue weighted by Gasteiger charge is -2.28. The molecule has 6 heteroatoms. The highest BCUT2D eigenvalue weighted by Crippen LogP contribution is 2.34. The summed E-state index contributed by atoms with van der Waals surface area (Å²) in [5.41, 5.74) is 2.15. The van der Waals surface area contributed by atoms with Gasteiger partial charge in [0, 0.05) is 4.90 Å². The van der Waals surface area contributed by atoms with Gasteiger partial charge in [0.25, 0.3) is 0 Å². The van der Waals surface area contributed by atoms with E-state index >= 15 is 0 Å². The predicted octanol–water partition coefficient (Wildman–Crippen LogP) is 3.62. The van der Waals surface area contributed by atoms with E-state index in [4.69, 9.17) is 4.74 Å². The summed E-state index contributed by atoms with van der Waals surface area (Å²) in [7, 11) is 0. The Morgan fingerprint density at radius 1 is 1.14 bits per heavy atom. The minimum Gasteiger partial charge on any atom is -0.492 e. The van der Waals surface area contributed by atoms with E-state index in [1.807, 2.05) is 36.4 Å². The van der Waals surface area contributed by atoms with Gasteiger partial charge >= 0.3 is 0 Å². The van der Waals surface area contributed by atoms with Crippen LogP contribution in [0.4, 0.5) is 5.69 Å². The molecule has 0 bridgehead atoms. The average molecular weight is 399 g/mol. The molecule has 0 spiro atoms. The third-order valence-electron chi connectivity index (χ3n) is 4.52. The van der Waals surface area contributed by atoms with Crippen molar-refractivity contribution in [3.63, 3.8) is 0 Å². The van der Waals surface area contributed by atoms with Crippen LogP contribution in [0.15, 0.2) is 53.4 Å². The van der Waals surface area contributed by atoms with Crippen LogP contribution in [-0.2, 0) is 15.0 Å². The molecule has 2 aromatic rings. The number of carbonyl (C=O) groups excluding carboxylic acids is 2. The summed E-state index contributed by atoms with van der Waals surface area (Å²) in [6, 6.07) is 15.7. The molecular weight excluding hydrogens is 372 g/mol. The molecule has 0 radical (unpaired) electrons. The van der Waals surface area contributed by atoms with Crippen LogP contribution >= 0.6 is 11.8 Å². The van der Waals surface area contributed by atoms with Gasteiger partial charge in [0.2, 0.25) is 11.8 Å². The first-order valence-corrected chi connectivity index (χ1v) is 10.4. The van der Waals surface area contributed by atoms with Crippen molar-refractivity contribution in [1.82, 2.24) is 5.32 Å². The summed E-state index contributed by atoms with van der Waals surface area (Å²) in [6.07, 6.45) is 0. The number of rotatable bonds is 6. The van der Waals surface area contributed by atoms with Gasteiger partial charge in [0.05, 0.1) is 18.0 Å². The van der Waals surface area contributed by atoms with Crippen molar-refractivity contribution in [2.45, 2.75) is 31.1 Å². The first-order chi connectivity index (χ1) is 13.3. The SMILES string of the molecule is CC(C)(C)c1ccc(OCCNC(=O)CN2C(=O)CSc3ccccc32)cc1. The van der Waals surface area contributed by atoms with Gasteiger partial charge in [-0.2, -0.15) is 0 Å². The third kappa shape index (κ3) is 5.07. The highest BCUT2D eigenvalue weighted by atomic mass is 32.2. The number of hydrogen-bond acceptors (Lipinski definition) is 4. The van der Waals surface area contributed by atoms with Crippen LogP contribution in [-0.4, -0.2) is 37.3 Å². The maximum atomic E-state index is 12.3. The fourth-order valence-electron chi connectivity index (χ4n) is 2.94. The van der Waals surface area contributed by atoms with Crippen LogP contribution in [0.1, 0.15) is 26.3 Å². The second-order valence-electron chi connectivity index (χ2n) is 7.71. The fraction of sp³-hybridized carbons (Fsp3) is 0.364. The van der Waals surface area contributed by atoms with E-state index in [0.717, 1.165) is 16.3 Å². The second kappa shape index (κ2) is 8.69. The lowest BCUT2D eigenvalue weighted by molar-refractivity contribution is -0.123. The van der Waals surface area contributed by atoms with Crippen molar-refractivity contribution in [3.05, 3.63) is 54.1 Å². The number of hydrogen-bond donors (Lipinski definition) is 1. The third-order valence-corrected chi connectivity index (χ3v) is 5.57. The Morgan fingerprint density at radius 2 is 1.86 bits per heavy atom. The van der Waals surface area contributed by atoms with Crippen LogP contribution < -0.4 is 15.0 Å². The Labute approximate surface area is 170 Å². The average Bonchev–Trinajstić information content (AvgIpc) is 2.67. The Hall–Kier alpha value is -2.47. The summed E-state index contributed by atoms with van der Waals surface area (Å²) in [5.74, 6) is 0.896. The van der Waals surface area contributed by atoms with E-state index in [1.54, 1.807) is 4.90 Å². The molecule has 0 fully saturated rings. The fourth-order valence-corrected chi connectivity index (χ4v) is 3.87. The van der Waals surface area contributed by atoms with Crippen molar-refractivity contribution in [3.8, 4) is 5.75 Å². The molecule has 0 atom stereocenters. The number of nitrogens with one attached hydrogen (secondary N) is 1. The number of fused-ring (bicyclic) bond motifs is 1. The number of para-hydroxylation sites is 1. The Kier molecular flexibility index (Phi) is 6.29. The standard InChI is InChI=1S/C22H26N2O3S/c1-22(2,3)16-8-10-17(11-9-16)27-13-12-23-20(25)14-24-18-6-4-5-7-19(18)28-15-21(24)26/h4-11H,12-15H2,1-3H3,(H,23,25). The number of carbonyl (C=O) groups is 2. The molecule has 0 aliphatic carbocycles. The minimum atomic E-state index is -0.193. The number of ether oxygens (including phenoxy) is 1. The van der Waals surface area contributed by atoms with Crippen LogP contribution in [0.2, 0.25) is 0 Å². The van der Waals surface area contributed by atoms with E-state index in [2.05, 4.69) is 38.2 Å². The Bertz CT molecular complexity index is 844. The summed E-state index contributed by atoms with van der Waals surface area (Å²) >= 11 is 1.51. The van der Waals surface area contributed by atoms with Gasteiger partial charge in [0.1, 0.15) is 18.9 Å². The second-order valence-corrected chi connectivity index (χ2v) is 8.73. The molecular formula is C22H26N2O3S. The maximum absolute atomic E-state index is 12.3. The van der Waals surface area contributed by atoms with Crippen LogP contribution in [0.5, 0.6) is 5.75 Å². The van der Waals surface area contributed by atoms with Gasteiger partial charge in [-0.25, -0.2) is 0 Å². The van der Waals surface area contributed by atoms with Crippen molar-refractivity contribution in [2.75, 3.05) is 30.3 Å². The zero-order valence-corrected chi connectivity index (χ0v) is 17.3. The first-order valence-electron chi connectivity index (χ1n) is 9.37. The molecule has 1 N–H and O–H groups in total. The Balaban J connectivity index is 1.46. The highest BCUT2D eigenvalue weighted by Gasteiger charge is 2.26.